The molecule has 1 aliphatic rings. The second-order valence-corrected chi connectivity index (χ2v) is 9.84. The summed E-state index contributed by atoms with van der Waals surface area (Å²) >= 11 is 1.76. The summed E-state index contributed by atoms with van der Waals surface area (Å²) in [4.78, 5) is 0. The molecule has 4 N–H and O–H groups in total. The predicted octanol–water partition coefficient (Wildman–Crippen LogP) is 4.63. The Morgan fingerprint density at radius 3 is 2.25 bits per heavy atom. The maximum absolute atomic E-state index is 14.6. The van der Waals surface area contributed by atoms with Crippen LogP contribution in [-0.4, -0.2) is 25.7 Å². The van der Waals surface area contributed by atoms with Gasteiger partial charge in [0.1, 0.15) is 11.5 Å². The van der Waals surface area contributed by atoms with Gasteiger partial charge in [-0.25, -0.2) is 13.2 Å². The summed E-state index contributed by atoms with van der Waals surface area (Å²) in [6.45, 7) is -0.375. The molecular weight excluding hydrogens is 579 g/mol. The van der Waals surface area contributed by atoms with Gasteiger partial charge in [-0.3, -0.25) is 4.72 Å². The van der Waals surface area contributed by atoms with Gasteiger partial charge in [-0.05, 0) is 66.1 Å². The molecule has 1 saturated carbocycles. The number of aliphatic hydroxyl groups is 1. The minimum Gasteiger partial charge on any atom is -0.396 e. The summed E-state index contributed by atoms with van der Waals surface area (Å²) < 4.78 is 113. The van der Waals surface area contributed by atoms with Crippen LogP contribution in [0.25, 0.3) is 0 Å². The van der Waals surface area contributed by atoms with Crippen molar-refractivity contribution < 1.29 is 39.9 Å². The smallest absolute Gasteiger partial charge is 0.396 e. The Kier molecular flexibility index (Phi) is 6.89. The van der Waals surface area contributed by atoms with Gasteiger partial charge in [-0.2, -0.15) is 26.3 Å². The lowest BCUT2D eigenvalue weighted by Gasteiger charge is -2.22. The van der Waals surface area contributed by atoms with Crippen LogP contribution in [0.15, 0.2) is 24.3 Å². The molecular formula is C18H16F6IN3O3S. The van der Waals surface area contributed by atoms with E-state index >= 15 is 0 Å². The standard InChI is InChI=1S/C18H16F6IN3O3S/c19-11-7-9(25)1-2-13(11)26-16-14(21)12(20)8-10(18(22,23)24)15(16)27-32(30,31)28-17(3-4-17)5-6-29/h1-2,7-8,26-29H,3-6H2. The van der Waals surface area contributed by atoms with Gasteiger partial charge in [0.25, 0.3) is 10.2 Å². The van der Waals surface area contributed by atoms with Crippen LogP contribution >= 0.6 is 22.6 Å². The number of hydrogen-bond donors (Lipinski definition) is 4. The van der Waals surface area contributed by atoms with Crippen LogP contribution in [-0.2, 0) is 16.4 Å². The fourth-order valence-electron chi connectivity index (χ4n) is 3.01. The summed E-state index contributed by atoms with van der Waals surface area (Å²) in [6.07, 6.45) is -4.61. The van der Waals surface area contributed by atoms with Crippen molar-refractivity contribution in [2.75, 3.05) is 16.6 Å². The zero-order valence-corrected chi connectivity index (χ0v) is 18.9. The molecule has 1 fully saturated rings. The molecule has 1 aliphatic carbocycles. The van der Waals surface area contributed by atoms with Gasteiger partial charge in [0.05, 0.1) is 16.9 Å². The number of nitrogens with one attached hydrogen (secondary N) is 3. The SMILES string of the molecule is O=S(=O)(Nc1c(C(F)(F)F)cc(F)c(F)c1Nc1ccc(I)cc1F)NC1(CCO)CC1. The van der Waals surface area contributed by atoms with E-state index in [9.17, 15) is 34.8 Å². The lowest BCUT2D eigenvalue weighted by Crippen LogP contribution is -2.41. The molecule has 0 spiro atoms. The van der Waals surface area contributed by atoms with E-state index in [1.807, 2.05) is 5.32 Å². The minimum absolute atomic E-state index is 0.0107. The Hall–Kier alpha value is -1.78. The minimum atomic E-state index is -5.28. The van der Waals surface area contributed by atoms with E-state index in [1.165, 1.54) is 6.07 Å². The lowest BCUT2D eigenvalue weighted by molar-refractivity contribution is -0.137. The molecule has 0 atom stereocenters. The molecule has 0 bridgehead atoms. The molecule has 0 aromatic heterocycles. The maximum Gasteiger partial charge on any atom is 0.418 e. The fourth-order valence-corrected chi connectivity index (χ4v) is 4.87. The van der Waals surface area contributed by atoms with Crippen LogP contribution in [0.3, 0.4) is 0 Å². The number of alkyl halides is 3. The topological polar surface area (TPSA) is 90.5 Å². The zero-order valence-electron chi connectivity index (χ0n) is 16.0. The molecule has 0 saturated heterocycles. The van der Waals surface area contributed by atoms with E-state index in [0.717, 1.165) is 12.1 Å². The normalized spacial score (nSPS) is 15.5. The van der Waals surface area contributed by atoms with Crippen molar-refractivity contribution >= 4 is 49.9 Å². The van der Waals surface area contributed by atoms with E-state index in [1.54, 1.807) is 27.3 Å². The predicted molar refractivity (Wildman–Crippen MR) is 113 cm³/mol. The van der Waals surface area contributed by atoms with Crippen LogP contribution < -0.4 is 14.8 Å². The Morgan fingerprint density at radius 2 is 1.72 bits per heavy atom. The molecule has 0 heterocycles. The molecule has 0 aliphatic heterocycles. The molecule has 2 aromatic carbocycles. The number of benzene rings is 2. The third-order valence-electron chi connectivity index (χ3n) is 4.75. The molecule has 0 amide bonds. The summed E-state index contributed by atoms with van der Waals surface area (Å²) in [6, 6.07) is 3.22. The zero-order chi connectivity index (χ0) is 23.9. The average molecular weight is 595 g/mol. The molecule has 2 aromatic rings. The maximum atomic E-state index is 14.6. The highest BCUT2D eigenvalue weighted by molar-refractivity contribution is 14.1. The van der Waals surface area contributed by atoms with Crippen LogP contribution in [0.5, 0.6) is 0 Å². The van der Waals surface area contributed by atoms with Gasteiger partial charge in [-0.1, -0.05) is 0 Å². The van der Waals surface area contributed by atoms with E-state index in [-0.39, 0.29) is 19.1 Å². The van der Waals surface area contributed by atoms with E-state index in [4.69, 9.17) is 5.11 Å². The molecule has 32 heavy (non-hydrogen) atoms. The summed E-state index contributed by atoms with van der Waals surface area (Å²) in [5, 5.41) is 11.1. The Morgan fingerprint density at radius 1 is 1.06 bits per heavy atom. The molecule has 14 heteroatoms. The lowest BCUT2D eigenvalue weighted by atomic mass is 10.1. The second-order valence-electron chi connectivity index (χ2n) is 7.18. The summed E-state index contributed by atoms with van der Waals surface area (Å²) in [5.41, 5.74) is -5.96. The van der Waals surface area contributed by atoms with Crippen LogP contribution in [0, 0.1) is 21.0 Å². The fraction of sp³-hybridized carbons (Fsp3) is 0.333. The van der Waals surface area contributed by atoms with Crippen molar-refractivity contribution in [2.24, 2.45) is 0 Å². The van der Waals surface area contributed by atoms with Crippen molar-refractivity contribution in [1.29, 1.82) is 0 Å². The van der Waals surface area contributed by atoms with Crippen LogP contribution in [0.2, 0.25) is 0 Å². The Bertz CT molecular complexity index is 1140. The highest BCUT2D eigenvalue weighted by Gasteiger charge is 2.46. The van der Waals surface area contributed by atoms with Crippen LogP contribution in [0.4, 0.5) is 43.4 Å². The van der Waals surface area contributed by atoms with Gasteiger partial charge in [-0.15, -0.1) is 0 Å². The van der Waals surface area contributed by atoms with E-state index in [2.05, 4.69) is 4.72 Å². The number of anilines is 3. The Labute approximate surface area is 192 Å². The van der Waals surface area contributed by atoms with Gasteiger partial charge >= 0.3 is 6.18 Å². The van der Waals surface area contributed by atoms with Crippen molar-refractivity contribution in [1.82, 2.24) is 4.72 Å². The first kappa shape index (κ1) is 24.9. The summed E-state index contributed by atoms with van der Waals surface area (Å²) in [5.74, 6) is -4.74. The van der Waals surface area contributed by atoms with Gasteiger partial charge < -0.3 is 10.4 Å². The summed E-state index contributed by atoms with van der Waals surface area (Å²) in [7, 11) is -4.73. The molecule has 176 valence electrons. The quantitative estimate of drug-likeness (QED) is 0.265. The number of aliphatic hydroxyl groups excluding tert-OH is 1. The van der Waals surface area contributed by atoms with E-state index < -0.39 is 62.0 Å². The Balaban J connectivity index is 2.10. The highest BCUT2D eigenvalue weighted by atomic mass is 127. The van der Waals surface area contributed by atoms with Crippen molar-refractivity contribution in [2.45, 2.75) is 31.0 Å². The third-order valence-corrected chi connectivity index (χ3v) is 6.59. The monoisotopic (exact) mass is 595 g/mol. The largest absolute Gasteiger partial charge is 0.418 e. The third kappa shape index (κ3) is 5.58. The van der Waals surface area contributed by atoms with Gasteiger partial charge in [0.15, 0.2) is 11.6 Å². The first-order valence-corrected chi connectivity index (χ1v) is 11.6. The van der Waals surface area contributed by atoms with Crippen molar-refractivity contribution in [3.63, 3.8) is 0 Å². The first-order valence-electron chi connectivity index (χ1n) is 9.01. The van der Waals surface area contributed by atoms with Crippen molar-refractivity contribution in [3.05, 3.63) is 50.9 Å². The first-order chi connectivity index (χ1) is 14.8. The molecule has 0 unspecified atom stereocenters. The van der Waals surface area contributed by atoms with Gasteiger partial charge in [0, 0.05) is 15.7 Å². The van der Waals surface area contributed by atoms with Crippen LogP contribution in [0.1, 0.15) is 24.8 Å². The van der Waals surface area contributed by atoms with Gasteiger partial charge in [0.2, 0.25) is 0 Å². The number of hydrogen-bond acceptors (Lipinski definition) is 4. The molecule has 0 radical (unpaired) electrons. The van der Waals surface area contributed by atoms with Crippen molar-refractivity contribution in [3.8, 4) is 0 Å². The average Bonchev–Trinajstić information content (AvgIpc) is 3.40. The number of halogens is 7. The molecule has 6 nitrogen and oxygen atoms in total. The van der Waals surface area contributed by atoms with E-state index in [0.29, 0.717) is 16.4 Å². The second kappa shape index (κ2) is 8.87. The highest BCUT2D eigenvalue weighted by Crippen LogP contribution is 2.44. The number of rotatable bonds is 8. The molecule has 3 rings (SSSR count).